The minimum Gasteiger partial charge on any atom is -0.497 e. The number of methoxy groups -OCH3 is 1. The Balaban J connectivity index is 1.95. The van der Waals surface area contributed by atoms with Crippen LogP contribution in [0, 0.1) is 6.92 Å². The van der Waals surface area contributed by atoms with Crippen LogP contribution < -0.4 is 10.1 Å². The number of aryl methyl sites for hydroxylation is 1. The van der Waals surface area contributed by atoms with Gasteiger partial charge in [-0.2, -0.15) is 18.3 Å². The molecule has 0 saturated carbocycles. The largest absolute Gasteiger partial charge is 0.497 e. The normalized spacial score (nSPS) is 11.3. The highest BCUT2D eigenvalue weighted by Gasteiger charge is 2.31. The van der Waals surface area contributed by atoms with Crippen molar-refractivity contribution in [1.82, 2.24) is 10.2 Å². The monoisotopic (exact) mass is 375 g/mol. The summed E-state index contributed by atoms with van der Waals surface area (Å²) in [5.74, 6) is 0.0938. The van der Waals surface area contributed by atoms with Gasteiger partial charge in [-0.1, -0.05) is 18.2 Å². The van der Waals surface area contributed by atoms with Gasteiger partial charge in [-0.3, -0.25) is 9.89 Å². The molecule has 2 N–H and O–H groups in total. The summed E-state index contributed by atoms with van der Waals surface area (Å²) in [6, 6.07) is 11.3. The SMILES string of the molecule is COc1cccc(C(=O)Nc2c(-c3cccc(C(F)(F)F)c3)n[nH]c2C)c1. The Morgan fingerprint density at radius 3 is 2.59 bits per heavy atom. The minimum atomic E-state index is -4.47. The van der Waals surface area contributed by atoms with Crippen molar-refractivity contribution < 1.29 is 22.7 Å². The fraction of sp³-hybridized carbons (Fsp3) is 0.158. The van der Waals surface area contributed by atoms with Crippen LogP contribution in [0.1, 0.15) is 21.6 Å². The van der Waals surface area contributed by atoms with Gasteiger partial charge in [0.05, 0.1) is 24.1 Å². The number of anilines is 1. The summed E-state index contributed by atoms with van der Waals surface area (Å²) in [5.41, 5.74) is 0.890. The summed E-state index contributed by atoms with van der Waals surface area (Å²) >= 11 is 0. The summed E-state index contributed by atoms with van der Waals surface area (Å²) in [4.78, 5) is 12.6. The first-order valence-electron chi connectivity index (χ1n) is 7.97. The number of halogens is 3. The number of rotatable bonds is 4. The molecule has 3 aromatic rings. The van der Waals surface area contributed by atoms with E-state index >= 15 is 0 Å². The molecule has 8 heteroatoms. The average Bonchev–Trinajstić information content (AvgIpc) is 3.01. The summed E-state index contributed by atoms with van der Waals surface area (Å²) in [5, 5.41) is 9.47. The van der Waals surface area contributed by atoms with Gasteiger partial charge in [0, 0.05) is 11.1 Å². The number of alkyl halides is 3. The second kappa shape index (κ2) is 7.14. The van der Waals surface area contributed by atoms with Gasteiger partial charge in [-0.15, -0.1) is 0 Å². The van der Waals surface area contributed by atoms with Gasteiger partial charge >= 0.3 is 6.18 Å². The molecule has 1 heterocycles. The fourth-order valence-corrected chi connectivity index (χ4v) is 2.58. The number of H-pyrrole nitrogens is 1. The van der Waals surface area contributed by atoms with Crippen LogP contribution in [-0.2, 0) is 6.18 Å². The van der Waals surface area contributed by atoms with Gasteiger partial charge in [0.15, 0.2) is 0 Å². The molecule has 3 rings (SSSR count). The highest BCUT2D eigenvalue weighted by atomic mass is 19.4. The Labute approximate surface area is 153 Å². The number of nitrogens with zero attached hydrogens (tertiary/aromatic N) is 1. The second-order valence-corrected chi connectivity index (χ2v) is 5.84. The topological polar surface area (TPSA) is 67.0 Å². The molecule has 27 heavy (non-hydrogen) atoms. The highest BCUT2D eigenvalue weighted by Crippen LogP contribution is 2.34. The van der Waals surface area contributed by atoms with Gasteiger partial charge < -0.3 is 10.1 Å². The van der Waals surface area contributed by atoms with Crippen molar-refractivity contribution in [2.45, 2.75) is 13.1 Å². The van der Waals surface area contributed by atoms with E-state index in [1.54, 1.807) is 31.2 Å². The lowest BCUT2D eigenvalue weighted by Gasteiger charge is -2.10. The number of aromatic nitrogens is 2. The fourth-order valence-electron chi connectivity index (χ4n) is 2.58. The van der Waals surface area contributed by atoms with Crippen molar-refractivity contribution in [3.8, 4) is 17.0 Å². The highest BCUT2D eigenvalue weighted by molar-refractivity contribution is 6.06. The molecule has 0 atom stereocenters. The Bertz CT molecular complexity index is 980. The molecule has 0 aliphatic carbocycles. The Kier molecular flexibility index (Phi) is 4.89. The van der Waals surface area contributed by atoms with Crippen LogP contribution in [0.15, 0.2) is 48.5 Å². The second-order valence-electron chi connectivity index (χ2n) is 5.84. The summed E-state index contributed by atoms with van der Waals surface area (Å²) in [7, 11) is 1.49. The maximum Gasteiger partial charge on any atom is 0.416 e. The van der Waals surface area contributed by atoms with Crippen molar-refractivity contribution in [2.24, 2.45) is 0 Å². The quantitative estimate of drug-likeness (QED) is 0.697. The van der Waals surface area contributed by atoms with E-state index in [1.807, 2.05) is 0 Å². The van der Waals surface area contributed by atoms with Crippen LogP contribution in [-0.4, -0.2) is 23.2 Å². The maximum absolute atomic E-state index is 13.0. The standard InChI is InChI=1S/C19H16F3N3O2/c1-11-16(23-18(26)13-6-4-8-15(10-13)27-2)17(25-24-11)12-5-3-7-14(9-12)19(20,21)22/h3-10H,1-2H3,(H,23,26)(H,24,25). The minimum absolute atomic E-state index is 0.231. The third-order valence-electron chi connectivity index (χ3n) is 3.98. The van der Waals surface area contributed by atoms with E-state index in [2.05, 4.69) is 15.5 Å². The van der Waals surface area contributed by atoms with E-state index in [0.717, 1.165) is 12.1 Å². The van der Waals surface area contributed by atoms with E-state index in [0.29, 0.717) is 22.7 Å². The van der Waals surface area contributed by atoms with Crippen LogP contribution in [0.2, 0.25) is 0 Å². The summed E-state index contributed by atoms with van der Waals surface area (Å²) in [6.07, 6.45) is -4.47. The lowest BCUT2D eigenvalue weighted by molar-refractivity contribution is -0.137. The first kappa shape index (κ1) is 18.5. The molecule has 2 aromatic carbocycles. The van der Waals surface area contributed by atoms with Gasteiger partial charge in [0.25, 0.3) is 5.91 Å². The van der Waals surface area contributed by atoms with Gasteiger partial charge in [0.1, 0.15) is 11.4 Å². The van der Waals surface area contributed by atoms with Crippen molar-refractivity contribution in [1.29, 1.82) is 0 Å². The first-order valence-corrected chi connectivity index (χ1v) is 7.97. The van der Waals surface area contributed by atoms with E-state index < -0.39 is 17.6 Å². The van der Waals surface area contributed by atoms with Crippen LogP contribution in [0.25, 0.3) is 11.3 Å². The number of benzene rings is 2. The lowest BCUT2D eigenvalue weighted by Crippen LogP contribution is -2.13. The number of ether oxygens (including phenoxy) is 1. The van der Waals surface area contributed by atoms with Crippen molar-refractivity contribution in [3.05, 3.63) is 65.4 Å². The molecular weight excluding hydrogens is 359 g/mol. The van der Waals surface area contributed by atoms with E-state index in [9.17, 15) is 18.0 Å². The van der Waals surface area contributed by atoms with Crippen LogP contribution in [0.5, 0.6) is 5.75 Å². The summed E-state index contributed by atoms with van der Waals surface area (Å²) < 4.78 is 44.0. The van der Waals surface area contributed by atoms with E-state index in [-0.39, 0.29) is 11.3 Å². The average molecular weight is 375 g/mol. The van der Waals surface area contributed by atoms with Gasteiger partial charge in [0.2, 0.25) is 0 Å². The predicted molar refractivity (Wildman–Crippen MR) is 94.7 cm³/mol. The molecule has 0 saturated heterocycles. The Morgan fingerprint density at radius 2 is 1.89 bits per heavy atom. The molecule has 1 amide bonds. The van der Waals surface area contributed by atoms with Crippen molar-refractivity contribution >= 4 is 11.6 Å². The molecule has 0 spiro atoms. The molecule has 140 valence electrons. The molecule has 0 aliphatic heterocycles. The number of aromatic amines is 1. The number of carbonyl (C=O) groups is 1. The number of hydrogen-bond acceptors (Lipinski definition) is 3. The van der Waals surface area contributed by atoms with Crippen LogP contribution in [0.4, 0.5) is 18.9 Å². The molecule has 1 aromatic heterocycles. The Morgan fingerprint density at radius 1 is 1.15 bits per heavy atom. The predicted octanol–water partition coefficient (Wildman–Crippen LogP) is 4.66. The molecule has 0 radical (unpaired) electrons. The molecule has 0 bridgehead atoms. The third kappa shape index (κ3) is 3.94. The zero-order valence-electron chi connectivity index (χ0n) is 14.5. The smallest absolute Gasteiger partial charge is 0.416 e. The Hall–Kier alpha value is -3.29. The zero-order valence-corrected chi connectivity index (χ0v) is 14.5. The van der Waals surface area contributed by atoms with Crippen molar-refractivity contribution in [2.75, 3.05) is 12.4 Å². The molecular formula is C19H16F3N3O2. The molecule has 0 unspecified atom stereocenters. The van der Waals surface area contributed by atoms with Crippen LogP contribution >= 0.6 is 0 Å². The van der Waals surface area contributed by atoms with E-state index in [1.165, 1.54) is 19.2 Å². The van der Waals surface area contributed by atoms with E-state index in [4.69, 9.17) is 4.74 Å². The maximum atomic E-state index is 13.0. The zero-order chi connectivity index (χ0) is 19.6. The molecule has 0 aliphatic rings. The van der Waals surface area contributed by atoms with Crippen LogP contribution in [0.3, 0.4) is 0 Å². The van der Waals surface area contributed by atoms with Crippen molar-refractivity contribution in [3.63, 3.8) is 0 Å². The number of nitrogens with one attached hydrogen (secondary N) is 2. The third-order valence-corrected chi connectivity index (χ3v) is 3.98. The first-order chi connectivity index (χ1) is 12.8. The van der Waals surface area contributed by atoms with Gasteiger partial charge in [-0.05, 0) is 37.3 Å². The number of amides is 1. The summed E-state index contributed by atoms with van der Waals surface area (Å²) in [6.45, 7) is 1.67. The number of hydrogen-bond donors (Lipinski definition) is 2. The molecule has 5 nitrogen and oxygen atoms in total. The van der Waals surface area contributed by atoms with Gasteiger partial charge in [-0.25, -0.2) is 0 Å². The number of carbonyl (C=O) groups excluding carboxylic acids is 1. The lowest BCUT2D eigenvalue weighted by atomic mass is 10.1. The molecule has 0 fully saturated rings.